The number of aliphatic hydroxyl groups is 1. The topological polar surface area (TPSA) is 72.5 Å². The molecule has 2 atom stereocenters. The number of benzene rings is 1. The molecule has 0 aliphatic rings. The third-order valence-corrected chi connectivity index (χ3v) is 3.31. The van der Waals surface area contributed by atoms with Gasteiger partial charge in [-0.1, -0.05) is 28.1 Å². The Morgan fingerprint density at radius 1 is 1.59 bits per heavy atom. The van der Waals surface area contributed by atoms with Gasteiger partial charge < -0.3 is 15.6 Å². The van der Waals surface area contributed by atoms with Crippen molar-refractivity contribution in [1.29, 1.82) is 0 Å². The number of ether oxygens (including phenoxy) is 1. The molecule has 94 valence electrons. The lowest BCUT2D eigenvalue weighted by Crippen LogP contribution is -2.38. The van der Waals surface area contributed by atoms with E-state index in [1.54, 1.807) is 19.1 Å². The second kappa shape index (κ2) is 6.14. The van der Waals surface area contributed by atoms with Gasteiger partial charge in [-0.3, -0.25) is 4.79 Å². The van der Waals surface area contributed by atoms with Crippen LogP contribution in [0.2, 0.25) is 0 Å². The van der Waals surface area contributed by atoms with Crippen molar-refractivity contribution in [3.8, 4) is 0 Å². The summed E-state index contributed by atoms with van der Waals surface area (Å²) < 4.78 is 5.71. The van der Waals surface area contributed by atoms with Crippen molar-refractivity contribution < 1.29 is 14.6 Å². The van der Waals surface area contributed by atoms with Crippen molar-refractivity contribution in [2.45, 2.75) is 26.0 Å². The first-order valence-electron chi connectivity index (χ1n) is 5.33. The van der Waals surface area contributed by atoms with E-state index in [1.165, 1.54) is 0 Å². The molecule has 2 unspecified atom stereocenters. The fourth-order valence-electron chi connectivity index (χ4n) is 1.43. The van der Waals surface area contributed by atoms with Crippen LogP contribution >= 0.6 is 15.9 Å². The number of carbonyl (C=O) groups is 1. The molecular formula is C12H16BrNO3. The number of rotatable bonds is 4. The number of hydrogen-bond donors (Lipinski definition) is 2. The SMILES string of the molecule is CCOC(=O)C(N)C(O)c1ccc(Br)c(C)c1. The number of nitrogens with two attached hydrogens (primary N) is 1. The summed E-state index contributed by atoms with van der Waals surface area (Å²) in [6.07, 6.45) is -1.05. The zero-order valence-corrected chi connectivity index (χ0v) is 11.4. The third-order valence-electron chi connectivity index (χ3n) is 2.42. The molecule has 0 aliphatic carbocycles. The summed E-state index contributed by atoms with van der Waals surface area (Å²) in [7, 11) is 0. The lowest BCUT2D eigenvalue weighted by atomic mass is 10.0. The molecule has 0 spiro atoms. The second-order valence-electron chi connectivity index (χ2n) is 3.73. The summed E-state index contributed by atoms with van der Waals surface area (Å²) >= 11 is 3.36. The van der Waals surface area contributed by atoms with Crippen LogP contribution in [0.3, 0.4) is 0 Å². The Kier molecular flexibility index (Phi) is 5.11. The standard InChI is InChI=1S/C12H16BrNO3/c1-3-17-12(16)10(14)11(15)8-4-5-9(13)7(2)6-8/h4-6,10-11,15H,3,14H2,1-2H3. The third kappa shape index (κ3) is 3.52. The maximum absolute atomic E-state index is 11.4. The summed E-state index contributed by atoms with van der Waals surface area (Å²) in [4.78, 5) is 11.4. The minimum absolute atomic E-state index is 0.249. The van der Waals surface area contributed by atoms with E-state index >= 15 is 0 Å². The van der Waals surface area contributed by atoms with E-state index in [9.17, 15) is 9.90 Å². The molecule has 5 heteroatoms. The van der Waals surface area contributed by atoms with Crippen molar-refractivity contribution in [1.82, 2.24) is 0 Å². The van der Waals surface area contributed by atoms with Gasteiger partial charge in [-0.25, -0.2) is 0 Å². The van der Waals surface area contributed by atoms with Crippen molar-refractivity contribution >= 4 is 21.9 Å². The van der Waals surface area contributed by atoms with Crippen molar-refractivity contribution in [2.75, 3.05) is 6.61 Å². The number of aryl methyl sites for hydroxylation is 1. The molecule has 1 aromatic carbocycles. The molecule has 0 amide bonds. The number of hydrogen-bond acceptors (Lipinski definition) is 4. The van der Waals surface area contributed by atoms with Crippen LogP contribution in [0.15, 0.2) is 22.7 Å². The fourth-order valence-corrected chi connectivity index (χ4v) is 1.67. The fraction of sp³-hybridized carbons (Fsp3) is 0.417. The van der Waals surface area contributed by atoms with E-state index in [1.807, 2.05) is 13.0 Å². The van der Waals surface area contributed by atoms with Crippen LogP contribution in [-0.2, 0) is 9.53 Å². The normalized spacial score (nSPS) is 14.2. The van der Waals surface area contributed by atoms with Gasteiger partial charge >= 0.3 is 5.97 Å². The molecule has 0 bridgehead atoms. The molecule has 4 nitrogen and oxygen atoms in total. The van der Waals surface area contributed by atoms with Gasteiger partial charge in [0.05, 0.1) is 6.61 Å². The Bertz CT molecular complexity index is 409. The molecule has 17 heavy (non-hydrogen) atoms. The highest BCUT2D eigenvalue weighted by atomic mass is 79.9. The Labute approximate surface area is 109 Å². The predicted octanol–water partition coefficient (Wildman–Crippen LogP) is 1.68. The van der Waals surface area contributed by atoms with E-state index < -0.39 is 18.1 Å². The van der Waals surface area contributed by atoms with Gasteiger partial charge in [0.15, 0.2) is 0 Å². The van der Waals surface area contributed by atoms with Crippen LogP contribution < -0.4 is 5.73 Å². The number of aliphatic hydroxyl groups excluding tert-OH is 1. The highest BCUT2D eigenvalue weighted by Gasteiger charge is 2.25. The van der Waals surface area contributed by atoms with Crippen LogP contribution in [0.25, 0.3) is 0 Å². The van der Waals surface area contributed by atoms with Gasteiger partial charge in [-0.2, -0.15) is 0 Å². The number of halogens is 1. The van der Waals surface area contributed by atoms with Crippen molar-refractivity contribution in [3.63, 3.8) is 0 Å². The largest absolute Gasteiger partial charge is 0.465 e. The molecule has 0 aromatic heterocycles. The molecule has 0 heterocycles. The molecule has 3 N–H and O–H groups in total. The van der Waals surface area contributed by atoms with Crippen LogP contribution in [-0.4, -0.2) is 23.7 Å². The zero-order chi connectivity index (χ0) is 13.0. The van der Waals surface area contributed by atoms with Gasteiger partial charge in [0, 0.05) is 4.47 Å². The summed E-state index contributed by atoms with van der Waals surface area (Å²) in [5.74, 6) is -0.597. The van der Waals surface area contributed by atoms with Crippen LogP contribution in [0, 0.1) is 6.92 Å². The minimum atomic E-state index is -1.06. The summed E-state index contributed by atoms with van der Waals surface area (Å²) in [6.45, 7) is 3.84. The highest BCUT2D eigenvalue weighted by Crippen LogP contribution is 2.23. The summed E-state index contributed by atoms with van der Waals surface area (Å²) in [6, 6.07) is 4.26. The van der Waals surface area contributed by atoms with Crippen LogP contribution in [0.5, 0.6) is 0 Å². The quantitative estimate of drug-likeness (QED) is 0.830. The van der Waals surface area contributed by atoms with Gasteiger partial charge in [-0.15, -0.1) is 0 Å². The van der Waals surface area contributed by atoms with Crippen molar-refractivity contribution in [2.24, 2.45) is 5.73 Å². The van der Waals surface area contributed by atoms with E-state index in [0.29, 0.717) is 5.56 Å². The maximum Gasteiger partial charge on any atom is 0.325 e. The Balaban J connectivity index is 2.84. The molecule has 0 saturated carbocycles. The smallest absolute Gasteiger partial charge is 0.325 e. The molecule has 0 aliphatic heterocycles. The maximum atomic E-state index is 11.4. The second-order valence-corrected chi connectivity index (χ2v) is 4.59. The molecule has 1 aromatic rings. The van der Waals surface area contributed by atoms with Gasteiger partial charge in [0.2, 0.25) is 0 Å². The highest BCUT2D eigenvalue weighted by molar-refractivity contribution is 9.10. The molecule has 0 fully saturated rings. The van der Waals surface area contributed by atoms with E-state index in [0.717, 1.165) is 10.0 Å². The average Bonchev–Trinajstić information content (AvgIpc) is 2.31. The van der Waals surface area contributed by atoms with Gasteiger partial charge in [-0.05, 0) is 31.0 Å². The zero-order valence-electron chi connectivity index (χ0n) is 9.81. The summed E-state index contributed by atoms with van der Waals surface area (Å²) in [5.41, 5.74) is 7.20. The van der Waals surface area contributed by atoms with Crippen LogP contribution in [0.4, 0.5) is 0 Å². The summed E-state index contributed by atoms with van der Waals surface area (Å²) in [5, 5.41) is 9.96. The lowest BCUT2D eigenvalue weighted by Gasteiger charge is -2.18. The minimum Gasteiger partial charge on any atom is -0.465 e. The first-order chi connectivity index (χ1) is 7.97. The average molecular weight is 302 g/mol. The first kappa shape index (κ1) is 14.2. The Morgan fingerprint density at radius 2 is 2.24 bits per heavy atom. The lowest BCUT2D eigenvalue weighted by molar-refractivity contribution is -0.147. The monoisotopic (exact) mass is 301 g/mol. The van der Waals surface area contributed by atoms with Crippen LogP contribution in [0.1, 0.15) is 24.2 Å². The number of carbonyl (C=O) groups excluding carboxylic acids is 1. The van der Waals surface area contributed by atoms with E-state index in [2.05, 4.69) is 15.9 Å². The predicted molar refractivity (Wildman–Crippen MR) is 68.4 cm³/mol. The number of esters is 1. The van der Waals surface area contributed by atoms with E-state index in [-0.39, 0.29) is 6.61 Å². The van der Waals surface area contributed by atoms with Gasteiger partial charge in [0.25, 0.3) is 0 Å². The van der Waals surface area contributed by atoms with E-state index in [4.69, 9.17) is 10.5 Å². The van der Waals surface area contributed by atoms with Crippen molar-refractivity contribution in [3.05, 3.63) is 33.8 Å². The Hall–Kier alpha value is -0.910. The Morgan fingerprint density at radius 3 is 2.76 bits per heavy atom. The molecule has 0 saturated heterocycles. The molecule has 0 radical (unpaired) electrons. The first-order valence-corrected chi connectivity index (χ1v) is 6.13. The molecule has 1 rings (SSSR count). The van der Waals surface area contributed by atoms with Gasteiger partial charge in [0.1, 0.15) is 12.1 Å². The molecular weight excluding hydrogens is 286 g/mol.